The van der Waals surface area contributed by atoms with Gasteiger partial charge in [0, 0.05) is 12.0 Å². The molecule has 1 aromatic carbocycles. The molecule has 2 atom stereocenters. The van der Waals surface area contributed by atoms with E-state index in [4.69, 9.17) is 9.47 Å². The van der Waals surface area contributed by atoms with E-state index in [1.165, 1.54) is 7.11 Å². The molecule has 4 heteroatoms. The Labute approximate surface area is 93.8 Å². The van der Waals surface area contributed by atoms with Gasteiger partial charge in [0.2, 0.25) is 0 Å². The highest BCUT2D eigenvalue weighted by molar-refractivity contribution is 5.77. The summed E-state index contributed by atoms with van der Waals surface area (Å²) in [7, 11) is 2.94. The van der Waals surface area contributed by atoms with Crippen molar-refractivity contribution in [3.63, 3.8) is 0 Å². The summed E-state index contributed by atoms with van der Waals surface area (Å²) in [6.45, 7) is 0. The van der Waals surface area contributed by atoms with Crippen molar-refractivity contribution in [1.29, 1.82) is 0 Å². The van der Waals surface area contributed by atoms with E-state index in [1.54, 1.807) is 25.3 Å². The number of carbonyl (C=O) groups excluding carboxylic acids is 1. The molecule has 0 radical (unpaired) electrons. The first kappa shape index (κ1) is 10.8. The van der Waals surface area contributed by atoms with Gasteiger partial charge in [-0.15, -0.1) is 0 Å². The lowest BCUT2D eigenvalue weighted by atomic mass is 10.1. The number of methoxy groups -OCH3 is 2. The Morgan fingerprint density at radius 3 is 2.81 bits per heavy atom. The molecular formula is C12H14O4. The summed E-state index contributed by atoms with van der Waals surface area (Å²) in [6.07, 6.45) is 0.786. The molecule has 0 aliphatic heterocycles. The fourth-order valence-electron chi connectivity index (χ4n) is 1.96. The van der Waals surface area contributed by atoms with Crippen LogP contribution in [0, 0.1) is 5.92 Å². The Morgan fingerprint density at radius 2 is 2.19 bits per heavy atom. The number of rotatable bonds is 3. The molecule has 1 N–H and O–H groups in total. The third kappa shape index (κ3) is 1.83. The fraction of sp³-hybridized carbons (Fsp3) is 0.417. The third-order valence-corrected chi connectivity index (χ3v) is 2.91. The van der Waals surface area contributed by atoms with Gasteiger partial charge in [-0.2, -0.15) is 0 Å². The number of carbonyl (C=O) groups is 1. The van der Waals surface area contributed by atoms with Gasteiger partial charge < -0.3 is 14.6 Å². The molecule has 0 bridgehead atoms. The molecule has 1 aromatic rings. The van der Waals surface area contributed by atoms with Crippen molar-refractivity contribution in [2.75, 3.05) is 14.2 Å². The summed E-state index contributed by atoms with van der Waals surface area (Å²) in [5.41, 5.74) is 0.954. The molecule has 2 rings (SSSR count). The van der Waals surface area contributed by atoms with E-state index in [2.05, 4.69) is 0 Å². The van der Waals surface area contributed by atoms with Gasteiger partial charge in [0.25, 0.3) is 0 Å². The highest BCUT2D eigenvalue weighted by Gasteiger charge is 2.46. The number of phenolic OH excluding ortho intramolecular Hbond substituents is 1. The van der Waals surface area contributed by atoms with Gasteiger partial charge in [-0.1, -0.05) is 6.07 Å². The number of phenols is 1. The summed E-state index contributed by atoms with van der Waals surface area (Å²) in [6, 6.07) is 4.95. The molecule has 2 unspecified atom stereocenters. The minimum atomic E-state index is -0.180. The maximum Gasteiger partial charge on any atom is 0.309 e. The van der Waals surface area contributed by atoms with Gasteiger partial charge in [-0.05, 0) is 18.1 Å². The summed E-state index contributed by atoms with van der Waals surface area (Å²) >= 11 is 0. The van der Waals surface area contributed by atoms with Crippen molar-refractivity contribution in [3.05, 3.63) is 23.8 Å². The van der Waals surface area contributed by atoms with Crippen LogP contribution < -0.4 is 4.74 Å². The van der Waals surface area contributed by atoms with Crippen LogP contribution in [0.3, 0.4) is 0 Å². The molecule has 16 heavy (non-hydrogen) atoms. The SMILES string of the molecule is COC(=O)C1CC1c1ccc(O)cc1OC. The first-order chi connectivity index (χ1) is 7.67. The number of hydrogen-bond acceptors (Lipinski definition) is 4. The van der Waals surface area contributed by atoms with Crippen LogP contribution in [0.5, 0.6) is 11.5 Å². The minimum Gasteiger partial charge on any atom is -0.508 e. The Kier molecular flexibility index (Phi) is 2.73. The van der Waals surface area contributed by atoms with Crippen LogP contribution >= 0.6 is 0 Å². The summed E-state index contributed by atoms with van der Waals surface area (Å²) in [5, 5.41) is 9.32. The zero-order valence-electron chi connectivity index (χ0n) is 9.27. The minimum absolute atomic E-state index is 0.0663. The lowest BCUT2D eigenvalue weighted by Crippen LogP contribution is -2.04. The van der Waals surface area contributed by atoms with Crippen molar-refractivity contribution < 1.29 is 19.4 Å². The zero-order valence-corrected chi connectivity index (χ0v) is 9.27. The van der Waals surface area contributed by atoms with E-state index >= 15 is 0 Å². The molecule has 1 fully saturated rings. The molecule has 0 amide bonds. The first-order valence-electron chi connectivity index (χ1n) is 5.12. The van der Waals surface area contributed by atoms with E-state index in [0.717, 1.165) is 12.0 Å². The van der Waals surface area contributed by atoms with Gasteiger partial charge in [-0.25, -0.2) is 0 Å². The number of benzene rings is 1. The smallest absolute Gasteiger partial charge is 0.309 e. The monoisotopic (exact) mass is 222 g/mol. The largest absolute Gasteiger partial charge is 0.508 e. The lowest BCUT2D eigenvalue weighted by Gasteiger charge is -2.08. The van der Waals surface area contributed by atoms with Crippen LogP contribution in [-0.2, 0) is 9.53 Å². The Hall–Kier alpha value is -1.71. The third-order valence-electron chi connectivity index (χ3n) is 2.91. The average molecular weight is 222 g/mol. The van der Waals surface area contributed by atoms with E-state index in [1.807, 2.05) is 0 Å². The normalized spacial score (nSPS) is 22.6. The maximum absolute atomic E-state index is 11.3. The van der Waals surface area contributed by atoms with Crippen molar-refractivity contribution in [2.24, 2.45) is 5.92 Å². The quantitative estimate of drug-likeness (QED) is 0.790. The van der Waals surface area contributed by atoms with Gasteiger partial charge >= 0.3 is 5.97 Å². The van der Waals surface area contributed by atoms with Crippen LogP contribution in [0.1, 0.15) is 17.9 Å². The van der Waals surface area contributed by atoms with Crippen molar-refractivity contribution in [1.82, 2.24) is 0 Å². The molecule has 1 aliphatic rings. The summed E-state index contributed by atoms with van der Waals surface area (Å²) in [4.78, 5) is 11.3. The van der Waals surface area contributed by atoms with E-state index in [-0.39, 0.29) is 23.6 Å². The van der Waals surface area contributed by atoms with Gasteiger partial charge in [0.05, 0.1) is 20.1 Å². The Morgan fingerprint density at radius 1 is 1.44 bits per heavy atom. The van der Waals surface area contributed by atoms with E-state index < -0.39 is 0 Å². The first-order valence-corrected chi connectivity index (χ1v) is 5.12. The molecule has 86 valence electrons. The van der Waals surface area contributed by atoms with Crippen LogP contribution in [-0.4, -0.2) is 25.3 Å². The van der Waals surface area contributed by atoms with E-state index in [0.29, 0.717) is 5.75 Å². The molecule has 4 nitrogen and oxygen atoms in total. The molecule has 1 saturated carbocycles. The van der Waals surface area contributed by atoms with Crippen LogP contribution in [0.15, 0.2) is 18.2 Å². The lowest BCUT2D eigenvalue weighted by molar-refractivity contribution is -0.142. The standard InChI is InChI=1S/C12H14O4/c1-15-11-5-7(13)3-4-8(11)9-6-10(9)12(14)16-2/h3-5,9-10,13H,6H2,1-2H3. The molecular weight excluding hydrogens is 208 g/mol. The van der Waals surface area contributed by atoms with Crippen LogP contribution in [0.2, 0.25) is 0 Å². The van der Waals surface area contributed by atoms with E-state index in [9.17, 15) is 9.90 Å². The summed E-state index contributed by atoms with van der Waals surface area (Å²) < 4.78 is 9.87. The predicted octanol–water partition coefficient (Wildman–Crippen LogP) is 1.68. The topological polar surface area (TPSA) is 55.8 Å². The van der Waals surface area contributed by atoms with Crippen molar-refractivity contribution in [3.8, 4) is 11.5 Å². The second-order valence-corrected chi connectivity index (χ2v) is 3.90. The summed E-state index contributed by atoms with van der Waals surface area (Å²) in [5.74, 6) is 0.693. The zero-order chi connectivity index (χ0) is 11.7. The Balaban J connectivity index is 2.20. The van der Waals surface area contributed by atoms with Crippen LogP contribution in [0.25, 0.3) is 0 Å². The molecule has 0 spiro atoms. The number of ether oxygens (including phenoxy) is 2. The molecule has 1 aliphatic carbocycles. The molecule has 0 heterocycles. The fourth-order valence-corrected chi connectivity index (χ4v) is 1.96. The van der Waals surface area contributed by atoms with Gasteiger partial charge in [0.1, 0.15) is 11.5 Å². The second kappa shape index (κ2) is 4.04. The Bertz CT molecular complexity index is 413. The van der Waals surface area contributed by atoms with Crippen LogP contribution in [0.4, 0.5) is 0 Å². The second-order valence-electron chi connectivity index (χ2n) is 3.90. The van der Waals surface area contributed by atoms with Gasteiger partial charge in [0.15, 0.2) is 0 Å². The predicted molar refractivity (Wildman–Crippen MR) is 57.5 cm³/mol. The molecule has 0 saturated heterocycles. The average Bonchev–Trinajstić information content (AvgIpc) is 3.07. The van der Waals surface area contributed by atoms with Gasteiger partial charge in [-0.3, -0.25) is 4.79 Å². The van der Waals surface area contributed by atoms with Crippen molar-refractivity contribution in [2.45, 2.75) is 12.3 Å². The maximum atomic E-state index is 11.3. The molecule has 0 aromatic heterocycles. The number of hydrogen-bond donors (Lipinski definition) is 1. The van der Waals surface area contributed by atoms with Crippen molar-refractivity contribution >= 4 is 5.97 Å². The highest BCUT2D eigenvalue weighted by Crippen LogP contribution is 2.51. The number of aromatic hydroxyl groups is 1. The number of esters is 1. The highest BCUT2D eigenvalue weighted by atomic mass is 16.5.